The van der Waals surface area contributed by atoms with E-state index in [2.05, 4.69) is 53.4 Å². The van der Waals surface area contributed by atoms with Crippen LogP contribution >= 0.6 is 23.4 Å². The van der Waals surface area contributed by atoms with Crippen molar-refractivity contribution in [1.82, 2.24) is 6.15 Å². The van der Waals surface area contributed by atoms with E-state index in [4.69, 9.17) is 11.6 Å². The lowest BCUT2D eigenvalue weighted by atomic mass is 10.2. The van der Waals surface area contributed by atoms with E-state index >= 15 is 0 Å². The zero-order chi connectivity index (χ0) is 12.5. The molecular weight excluding hydrogens is 276 g/mol. The monoisotopic (exact) mass is 292 g/mol. The van der Waals surface area contributed by atoms with Gasteiger partial charge in [-0.3, -0.25) is 0 Å². The van der Waals surface area contributed by atoms with Crippen molar-refractivity contribution in [3.05, 3.63) is 48.5 Å². The van der Waals surface area contributed by atoms with Gasteiger partial charge < -0.3 is 11.1 Å². The fourth-order valence-corrected chi connectivity index (χ4v) is 3.46. The van der Waals surface area contributed by atoms with Crippen LogP contribution in [0, 0.1) is 0 Å². The summed E-state index contributed by atoms with van der Waals surface area (Å²) in [6.45, 7) is 2.87. The van der Waals surface area contributed by atoms with E-state index in [9.17, 15) is 0 Å². The van der Waals surface area contributed by atoms with Crippen LogP contribution in [0.1, 0.15) is 6.92 Å². The topological polar surface area (TPSA) is 38.2 Å². The van der Waals surface area contributed by atoms with Gasteiger partial charge in [0.25, 0.3) is 0 Å². The van der Waals surface area contributed by atoms with Gasteiger partial charge in [-0.25, -0.2) is 0 Å². The van der Waals surface area contributed by atoms with Crippen LogP contribution < -0.4 is 11.1 Å². The second-order valence-electron chi connectivity index (χ2n) is 4.43. The number of halogens is 1. The van der Waals surface area contributed by atoms with Crippen molar-refractivity contribution in [3.63, 3.8) is 0 Å². The maximum Gasteiger partial charge on any atom is 0.0553 e. The van der Waals surface area contributed by atoms with E-state index in [1.807, 2.05) is 18.7 Å². The molecule has 4 heteroatoms. The fourth-order valence-electron chi connectivity index (χ4n) is 2.23. The third-order valence-electron chi connectivity index (χ3n) is 2.97. The molecule has 2 nitrogen and oxygen atoms in total. The van der Waals surface area contributed by atoms with Crippen LogP contribution in [0.5, 0.6) is 0 Å². The first-order valence-electron chi connectivity index (χ1n) is 6.03. The van der Waals surface area contributed by atoms with E-state index in [-0.39, 0.29) is 11.5 Å². The predicted octanol–water partition coefficient (Wildman–Crippen LogP) is 5.08. The molecule has 3 N–H and O–H groups in total. The van der Waals surface area contributed by atoms with Crippen molar-refractivity contribution in [3.8, 4) is 0 Å². The van der Waals surface area contributed by atoms with Crippen molar-refractivity contribution in [2.75, 3.05) is 11.4 Å². The van der Waals surface area contributed by atoms with Crippen LogP contribution in [0.4, 0.5) is 11.4 Å². The summed E-state index contributed by atoms with van der Waals surface area (Å²) in [5.74, 6) is 0. The first-order chi connectivity index (χ1) is 8.75. The van der Waals surface area contributed by atoms with E-state index in [1.165, 1.54) is 21.2 Å². The van der Waals surface area contributed by atoms with Gasteiger partial charge in [0.15, 0.2) is 0 Å². The van der Waals surface area contributed by atoms with Crippen LogP contribution in [0.25, 0.3) is 0 Å². The van der Waals surface area contributed by atoms with E-state index < -0.39 is 0 Å². The van der Waals surface area contributed by atoms with E-state index in [0.29, 0.717) is 0 Å². The Morgan fingerprint density at radius 2 is 1.47 bits per heavy atom. The minimum Gasteiger partial charge on any atom is -0.344 e. The normalized spacial score (nSPS) is 14.1. The second kappa shape index (κ2) is 5.87. The highest BCUT2D eigenvalue weighted by Gasteiger charge is 2.23. The highest BCUT2D eigenvalue weighted by atomic mass is 35.5. The number of hydrogen-bond acceptors (Lipinski definition) is 3. The summed E-state index contributed by atoms with van der Waals surface area (Å²) in [5.41, 5.74) is 2.52. The molecule has 100 valence electrons. The lowest BCUT2D eigenvalue weighted by Gasteiger charge is -2.33. The number of alkyl halides is 1. The third kappa shape index (κ3) is 2.73. The van der Waals surface area contributed by atoms with Gasteiger partial charge in [0.1, 0.15) is 0 Å². The van der Waals surface area contributed by atoms with Crippen LogP contribution in [0.2, 0.25) is 0 Å². The molecule has 0 aliphatic carbocycles. The molecule has 0 radical (unpaired) electrons. The van der Waals surface area contributed by atoms with Gasteiger partial charge in [-0.05, 0) is 31.2 Å². The molecule has 19 heavy (non-hydrogen) atoms. The van der Waals surface area contributed by atoms with Crippen LogP contribution in [0.15, 0.2) is 58.3 Å². The minimum atomic E-state index is 0. The molecule has 1 atom stereocenters. The fraction of sp³-hybridized carbons (Fsp3) is 0.200. The average molecular weight is 293 g/mol. The number of nitrogens with zero attached hydrogens (tertiary/aromatic N) is 1. The molecule has 0 aromatic heterocycles. The summed E-state index contributed by atoms with van der Waals surface area (Å²) in [6, 6.07) is 17.0. The minimum absolute atomic E-state index is 0. The van der Waals surface area contributed by atoms with E-state index in [1.54, 1.807) is 0 Å². The van der Waals surface area contributed by atoms with Gasteiger partial charge in [-0.2, -0.15) is 0 Å². The quantitative estimate of drug-likeness (QED) is 0.785. The molecule has 1 heterocycles. The van der Waals surface area contributed by atoms with Gasteiger partial charge in [0.2, 0.25) is 0 Å². The molecule has 0 fully saturated rings. The predicted molar refractivity (Wildman–Crippen MR) is 84.4 cm³/mol. The number of anilines is 2. The summed E-state index contributed by atoms with van der Waals surface area (Å²) in [6.07, 6.45) is 0. The van der Waals surface area contributed by atoms with E-state index in [0.717, 1.165) is 6.54 Å². The second-order valence-corrected chi connectivity index (χ2v) is 6.26. The zero-order valence-corrected chi connectivity index (χ0v) is 12.4. The molecule has 1 unspecified atom stereocenters. The van der Waals surface area contributed by atoms with Gasteiger partial charge in [-0.15, -0.1) is 11.6 Å². The van der Waals surface area contributed by atoms with Crippen molar-refractivity contribution in [2.45, 2.75) is 22.1 Å². The lowest BCUT2D eigenvalue weighted by molar-refractivity contribution is 0.873. The molecule has 1 aliphatic heterocycles. The summed E-state index contributed by atoms with van der Waals surface area (Å²) in [5, 5.41) is 0.120. The Balaban J connectivity index is 0.00000133. The van der Waals surface area contributed by atoms with Gasteiger partial charge in [-0.1, -0.05) is 36.0 Å². The van der Waals surface area contributed by atoms with Crippen molar-refractivity contribution < 1.29 is 0 Å². The molecule has 0 bridgehead atoms. The molecule has 0 saturated carbocycles. The van der Waals surface area contributed by atoms with Crippen LogP contribution in [-0.4, -0.2) is 11.9 Å². The first-order valence-corrected chi connectivity index (χ1v) is 7.28. The Bertz CT molecular complexity index is 526. The summed E-state index contributed by atoms with van der Waals surface area (Å²) >= 11 is 8.02. The highest BCUT2D eigenvalue weighted by Crippen LogP contribution is 2.47. The van der Waals surface area contributed by atoms with Gasteiger partial charge in [0.05, 0.1) is 11.4 Å². The standard InChI is InChI=1S/C15H14ClNS.H3N/c1-11(16)10-17-12-6-2-4-8-14(12)18-15-9-5-3-7-13(15)17;/h2-9,11H,10H2,1H3;1H3. The van der Waals surface area contributed by atoms with Crippen LogP contribution in [0.3, 0.4) is 0 Å². The molecule has 0 spiro atoms. The average Bonchev–Trinajstić information content (AvgIpc) is 2.38. The lowest BCUT2D eigenvalue weighted by Crippen LogP contribution is -2.26. The number of fused-ring (bicyclic) bond motifs is 2. The Labute approximate surface area is 123 Å². The molecule has 2 aromatic rings. The summed E-state index contributed by atoms with van der Waals surface area (Å²) in [7, 11) is 0. The van der Waals surface area contributed by atoms with Crippen LogP contribution in [-0.2, 0) is 0 Å². The van der Waals surface area contributed by atoms with Crippen molar-refractivity contribution in [1.29, 1.82) is 0 Å². The van der Waals surface area contributed by atoms with Crippen molar-refractivity contribution >= 4 is 34.7 Å². The van der Waals surface area contributed by atoms with Crippen molar-refractivity contribution in [2.24, 2.45) is 0 Å². The molecule has 0 amide bonds. The highest BCUT2D eigenvalue weighted by molar-refractivity contribution is 7.99. The first kappa shape index (κ1) is 14.3. The molecule has 2 aromatic carbocycles. The molecular formula is C15H17ClN2S. The smallest absolute Gasteiger partial charge is 0.0553 e. The zero-order valence-electron chi connectivity index (χ0n) is 10.8. The summed E-state index contributed by atoms with van der Waals surface area (Å²) in [4.78, 5) is 4.92. The number of hydrogen-bond donors (Lipinski definition) is 1. The largest absolute Gasteiger partial charge is 0.344 e. The Morgan fingerprint density at radius 1 is 1.00 bits per heavy atom. The molecule has 3 rings (SSSR count). The maximum atomic E-state index is 6.20. The Morgan fingerprint density at radius 3 is 1.95 bits per heavy atom. The van der Waals surface area contributed by atoms with Gasteiger partial charge in [0, 0.05) is 21.7 Å². The summed E-state index contributed by atoms with van der Waals surface area (Å²) < 4.78 is 0. The Kier molecular flexibility index (Phi) is 4.40. The maximum absolute atomic E-state index is 6.20. The molecule has 0 saturated heterocycles. The third-order valence-corrected chi connectivity index (χ3v) is 4.23. The number of benzene rings is 2. The Hall–Kier alpha value is -1.16. The van der Waals surface area contributed by atoms with Gasteiger partial charge >= 0.3 is 0 Å². The number of para-hydroxylation sites is 2. The number of rotatable bonds is 2. The SMILES string of the molecule is CC(Cl)CN1c2ccccc2Sc2ccccc21.N. The molecule has 1 aliphatic rings.